The topological polar surface area (TPSA) is 92.7 Å². The van der Waals surface area contributed by atoms with Crippen molar-refractivity contribution in [2.45, 2.75) is 43.4 Å². The quantitative estimate of drug-likeness (QED) is 0.853. The van der Waals surface area contributed by atoms with Gasteiger partial charge in [-0.15, -0.1) is 11.3 Å². The Labute approximate surface area is 134 Å². The van der Waals surface area contributed by atoms with Crippen LogP contribution in [0, 0.1) is 5.41 Å². The van der Waals surface area contributed by atoms with Crippen molar-refractivity contribution in [2.75, 3.05) is 13.2 Å². The molecular weight excluding hydrogens is 326 g/mol. The molecule has 1 unspecified atom stereocenters. The molecule has 1 fully saturated rings. The van der Waals surface area contributed by atoms with Crippen LogP contribution in [0.4, 0.5) is 0 Å². The molecule has 0 radical (unpaired) electrons. The molecule has 0 bridgehead atoms. The van der Waals surface area contributed by atoms with Crippen LogP contribution < -0.4 is 4.72 Å². The smallest absolute Gasteiger partial charge is 0.345 e. The SMILES string of the molecule is CC(C)(C)C1(CNS(=O)(=O)c2ccc(C(=O)O)s2)CCCO1. The van der Waals surface area contributed by atoms with Gasteiger partial charge in [-0.25, -0.2) is 17.9 Å². The molecule has 2 rings (SSSR count). The molecule has 1 aliphatic heterocycles. The predicted molar refractivity (Wildman–Crippen MR) is 83.8 cm³/mol. The second-order valence-electron chi connectivity index (χ2n) is 6.44. The predicted octanol–water partition coefficient (Wildman–Crippen LogP) is 2.32. The van der Waals surface area contributed by atoms with Crippen molar-refractivity contribution in [3.8, 4) is 0 Å². The van der Waals surface area contributed by atoms with Crippen molar-refractivity contribution in [3.63, 3.8) is 0 Å². The van der Waals surface area contributed by atoms with Crippen LogP contribution >= 0.6 is 11.3 Å². The monoisotopic (exact) mass is 347 g/mol. The molecule has 1 aromatic rings. The van der Waals surface area contributed by atoms with E-state index in [1.165, 1.54) is 12.1 Å². The van der Waals surface area contributed by atoms with E-state index in [0.717, 1.165) is 24.2 Å². The molecule has 0 aromatic carbocycles. The standard InChI is InChI=1S/C14H21NO5S2/c1-13(2,3)14(7-4-8-20-14)9-15-22(18,19)11-6-5-10(21-11)12(16)17/h5-6,15H,4,7-9H2,1-3H3,(H,16,17). The first kappa shape index (κ1) is 17.4. The number of hydrogen-bond acceptors (Lipinski definition) is 5. The van der Waals surface area contributed by atoms with Gasteiger partial charge in [-0.1, -0.05) is 20.8 Å². The second-order valence-corrected chi connectivity index (χ2v) is 9.52. The fourth-order valence-corrected chi connectivity index (χ4v) is 4.83. The van der Waals surface area contributed by atoms with Gasteiger partial charge in [0.1, 0.15) is 9.09 Å². The summed E-state index contributed by atoms with van der Waals surface area (Å²) in [6.45, 7) is 6.89. The highest BCUT2D eigenvalue weighted by molar-refractivity contribution is 7.91. The maximum absolute atomic E-state index is 12.3. The largest absolute Gasteiger partial charge is 0.477 e. The van der Waals surface area contributed by atoms with E-state index in [1.807, 2.05) is 20.8 Å². The number of hydrogen-bond donors (Lipinski definition) is 2. The molecule has 22 heavy (non-hydrogen) atoms. The highest BCUT2D eigenvalue weighted by atomic mass is 32.2. The Bertz CT molecular complexity index is 651. The lowest BCUT2D eigenvalue weighted by atomic mass is 9.75. The zero-order chi connectivity index (χ0) is 16.6. The lowest BCUT2D eigenvalue weighted by Gasteiger charge is -2.41. The summed E-state index contributed by atoms with van der Waals surface area (Å²) < 4.78 is 33.1. The van der Waals surface area contributed by atoms with E-state index in [2.05, 4.69) is 4.72 Å². The zero-order valence-electron chi connectivity index (χ0n) is 12.9. The number of rotatable bonds is 5. The van der Waals surface area contributed by atoms with Crippen molar-refractivity contribution in [2.24, 2.45) is 5.41 Å². The van der Waals surface area contributed by atoms with E-state index in [9.17, 15) is 13.2 Å². The lowest BCUT2D eigenvalue weighted by Crippen LogP contribution is -2.51. The van der Waals surface area contributed by atoms with Gasteiger partial charge in [-0.05, 0) is 30.4 Å². The number of thiophene rings is 1. The molecule has 0 amide bonds. The van der Waals surface area contributed by atoms with Crippen LogP contribution in [0.5, 0.6) is 0 Å². The summed E-state index contributed by atoms with van der Waals surface area (Å²) in [5.74, 6) is -1.13. The molecule has 6 nitrogen and oxygen atoms in total. The number of carbonyl (C=O) groups is 1. The fourth-order valence-electron chi connectivity index (χ4n) is 2.56. The first-order valence-electron chi connectivity index (χ1n) is 7.04. The normalized spacial score (nSPS) is 22.9. The van der Waals surface area contributed by atoms with Crippen LogP contribution in [0.2, 0.25) is 0 Å². The van der Waals surface area contributed by atoms with E-state index in [0.29, 0.717) is 6.61 Å². The molecule has 0 spiro atoms. The average molecular weight is 347 g/mol. The number of ether oxygens (including phenoxy) is 1. The van der Waals surface area contributed by atoms with Crippen molar-refractivity contribution < 1.29 is 23.1 Å². The van der Waals surface area contributed by atoms with E-state index < -0.39 is 21.6 Å². The highest BCUT2D eigenvalue weighted by Gasteiger charge is 2.46. The first-order chi connectivity index (χ1) is 10.1. The summed E-state index contributed by atoms with van der Waals surface area (Å²) in [5.41, 5.74) is -0.735. The van der Waals surface area contributed by atoms with Gasteiger partial charge >= 0.3 is 5.97 Å². The van der Waals surface area contributed by atoms with Crippen molar-refractivity contribution in [3.05, 3.63) is 17.0 Å². The van der Waals surface area contributed by atoms with Crippen LogP contribution in [0.1, 0.15) is 43.3 Å². The highest BCUT2D eigenvalue weighted by Crippen LogP contribution is 2.41. The molecule has 0 saturated carbocycles. The number of nitrogens with one attached hydrogen (secondary N) is 1. The molecule has 124 valence electrons. The summed E-state index contributed by atoms with van der Waals surface area (Å²) in [7, 11) is -3.73. The van der Waals surface area contributed by atoms with Gasteiger partial charge in [-0.3, -0.25) is 0 Å². The van der Waals surface area contributed by atoms with Gasteiger partial charge in [-0.2, -0.15) is 0 Å². The van der Waals surface area contributed by atoms with Crippen LogP contribution in [-0.2, 0) is 14.8 Å². The molecule has 1 atom stereocenters. The third-order valence-corrected chi connectivity index (χ3v) is 7.04. The van der Waals surface area contributed by atoms with Crippen molar-refractivity contribution >= 4 is 27.3 Å². The van der Waals surface area contributed by atoms with Gasteiger partial charge in [0, 0.05) is 13.2 Å². The second kappa shape index (κ2) is 5.92. The fraction of sp³-hybridized carbons (Fsp3) is 0.643. The molecule has 1 aromatic heterocycles. The summed E-state index contributed by atoms with van der Waals surface area (Å²) >= 11 is 0.746. The Kier molecular flexibility index (Phi) is 4.68. The summed E-state index contributed by atoms with van der Waals surface area (Å²) in [6.07, 6.45) is 1.70. The Hall–Kier alpha value is -0.960. The van der Waals surface area contributed by atoms with Gasteiger partial charge in [0.15, 0.2) is 0 Å². The first-order valence-corrected chi connectivity index (χ1v) is 9.34. The maximum Gasteiger partial charge on any atom is 0.345 e. The van der Waals surface area contributed by atoms with Gasteiger partial charge in [0.05, 0.1) is 5.60 Å². The molecule has 2 N–H and O–H groups in total. The maximum atomic E-state index is 12.3. The minimum Gasteiger partial charge on any atom is -0.477 e. The Morgan fingerprint density at radius 2 is 2.14 bits per heavy atom. The minimum absolute atomic E-state index is 0.00280. The number of carboxylic acids is 1. The van der Waals surface area contributed by atoms with Gasteiger partial charge in [0.2, 0.25) is 10.0 Å². The number of sulfonamides is 1. The molecule has 1 saturated heterocycles. The van der Waals surface area contributed by atoms with Crippen molar-refractivity contribution in [1.29, 1.82) is 0 Å². The number of aromatic carboxylic acids is 1. The van der Waals surface area contributed by atoms with Crippen LogP contribution in [0.3, 0.4) is 0 Å². The molecule has 0 aliphatic carbocycles. The minimum atomic E-state index is -3.73. The Morgan fingerprint density at radius 1 is 1.45 bits per heavy atom. The van der Waals surface area contributed by atoms with Gasteiger partial charge in [0.25, 0.3) is 0 Å². The molecule has 1 aliphatic rings. The summed E-state index contributed by atoms with van der Waals surface area (Å²) in [6, 6.07) is 2.61. The molecule has 8 heteroatoms. The van der Waals surface area contributed by atoms with Crippen LogP contribution in [0.25, 0.3) is 0 Å². The van der Waals surface area contributed by atoms with Crippen LogP contribution in [0.15, 0.2) is 16.3 Å². The van der Waals surface area contributed by atoms with Gasteiger partial charge < -0.3 is 9.84 Å². The molecule has 2 heterocycles. The van der Waals surface area contributed by atoms with E-state index >= 15 is 0 Å². The summed E-state index contributed by atoms with van der Waals surface area (Å²) in [4.78, 5) is 10.9. The third-order valence-electron chi connectivity index (χ3n) is 4.07. The average Bonchev–Trinajstić information content (AvgIpc) is 3.06. The van der Waals surface area contributed by atoms with Crippen LogP contribution in [-0.4, -0.2) is 38.2 Å². The summed E-state index contributed by atoms with van der Waals surface area (Å²) in [5, 5.41) is 8.89. The Morgan fingerprint density at radius 3 is 2.59 bits per heavy atom. The molecular formula is C14H21NO5S2. The van der Waals surface area contributed by atoms with E-state index in [1.54, 1.807) is 0 Å². The number of carboxylic acid groups (broad SMARTS) is 1. The van der Waals surface area contributed by atoms with E-state index in [4.69, 9.17) is 9.84 Å². The van der Waals surface area contributed by atoms with Crippen molar-refractivity contribution in [1.82, 2.24) is 4.72 Å². The zero-order valence-corrected chi connectivity index (χ0v) is 14.5. The Balaban J connectivity index is 2.16. The van der Waals surface area contributed by atoms with E-state index in [-0.39, 0.29) is 21.0 Å². The third kappa shape index (κ3) is 3.34. The lowest BCUT2D eigenvalue weighted by molar-refractivity contribution is -0.0723.